The van der Waals surface area contributed by atoms with Gasteiger partial charge in [0.25, 0.3) is 0 Å². The van der Waals surface area contributed by atoms with E-state index in [0.717, 1.165) is 0 Å². The number of hydrogen-bond donors (Lipinski definition) is 1. The highest BCUT2D eigenvalue weighted by atomic mass is 28.4. The van der Waals surface area contributed by atoms with Crippen LogP contribution in [0.1, 0.15) is 34.6 Å². The first-order valence-corrected chi connectivity index (χ1v) is 9.50. The van der Waals surface area contributed by atoms with Crippen LogP contribution >= 0.6 is 0 Å². The summed E-state index contributed by atoms with van der Waals surface area (Å²) in [6, 6.07) is 0. The highest BCUT2D eigenvalue weighted by Crippen LogP contribution is 2.37. The summed E-state index contributed by atoms with van der Waals surface area (Å²) in [6.07, 6.45) is -0.469. The summed E-state index contributed by atoms with van der Waals surface area (Å²) in [5, 5.41) is 9.49. The third kappa shape index (κ3) is 3.77. The van der Waals surface area contributed by atoms with Gasteiger partial charge < -0.3 is 19.0 Å². The van der Waals surface area contributed by atoms with Crippen LogP contribution in [0.25, 0.3) is 0 Å². The van der Waals surface area contributed by atoms with Gasteiger partial charge in [-0.3, -0.25) is 0 Å². The molecule has 1 saturated heterocycles. The minimum Gasteiger partial charge on any atom is -0.414 e. The van der Waals surface area contributed by atoms with Crippen molar-refractivity contribution in [3.05, 3.63) is 0 Å². The molecule has 0 radical (unpaired) electrons. The van der Waals surface area contributed by atoms with Gasteiger partial charge >= 0.3 is 0 Å². The lowest BCUT2D eigenvalue weighted by atomic mass is 10.2. The Morgan fingerprint density at radius 3 is 2.11 bits per heavy atom. The zero-order chi connectivity index (χ0) is 14.2. The first-order valence-electron chi connectivity index (χ1n) is 6.59. The minimum atomic E-state index is -1.78. The third-order valence-corrected chi connectivity index (χ3v) is 8.38. The predicted octanol–water partition coefficient (Wildman–Crippen LogP) is 2.52. The summed E-state index contributed by atoms with van der Waals surface area (Å²) in [6.45, 7) is 15.2. The molecule has 0 aromatic carbocycles. The average Bonchev–Trinajstić information content (AvgIpc) is 2.48. The molecular weight excluding hydrogens is 248 g/mol. The normalized spacial score (nSPS) is 28.7. The maximum Gasteiger partial charge on any atom is 0.192 e. The van der Waals surface area contributed by atoms with Gasteiger partial charge in [-0.1, -0.05) is 20.8 Å². The van der Waals surface area contributed by atoms with Crippen molar-refractivity contribution in [3.63, 3.8) is 0 Å². The molecule has 18 heavy (non-hydrogen) atoms. The van der Waals surface area contributed by atoms with Crippen LogP contribution in [0.3, 0.4) is 0 Å². The van der Waals surface area contributed by atoms with Crippen LogP contribution in [-0.4, -0.2) is 44.6 Å². The molecule has 1 N–H and O–H groups in total. The van der Waals surface area contributed by atoms with E-state index in [1.54, 1.807) is 0 Å². The van der Waals surface area contributed by atoms with Gasteiger partial charge in [-0.2, -0.15) is 0 Å². The summed E-state index contributed by atoms with van der Waals surface area (Å²) in [4.78, 5) is 0. The Balaban J connectivity index is 2.58. The second-order valence-electron chi connectivity index (χ2n) is 6.97. The summed E-state index contributed by atoms with van der Waals surface area (Å²) < 4.78 is 17.5. The number of hydrogen-bond acceptors (Lipinski definition) is 4. The fraction of sp³-hybridized carbons (Fsp3) is 1.00. The van der Waals surface area contributed by atoms with Gasteiger partial charge in [0.15, 0.2) is 14.1 Å². The number of ether oxygens (including phenoxy) is 2. The summed E-state index contributed by atoms with van der Waals surface area (Å²) in [5.74, 6) is -0.630. The molecule has 0 amide bonds. The van der Waals surface area contributed by atoms with Crippen molar-refractivity contribution in [2.45, 2.75) is 70.7 Å². The molecule has 1 rings (SSSR count). The van der Waals surface area contributed by atoms with Crippen LogP contribution < -0.4 is 0 Å². The van der Waals surface area contributed by atoms with Crippen LogP contribution in [0.4, 0.5) is 0 Å². The monoisotopic (exact) mass is 276 g/mol. The molecule has 0 aromatic heterocycles. The molecule has 4 nitrogen and oxygen atoms in total. The van der Waals surface area contributed by atoms with Crippen molar-refractivity contribution in [3.8, 4) is 0 Å². The standard InChI is InChI=1S/C13H28O4Si/c1-12(2,3)18(6,7)15-9-11-10(8-14)16-13(4,5)17-11/h10-11,14H,8-9H2,1-7H3/t10-,11-/m0/s1. The molecule has 108 valence electrons. The lowest BCUT2D eigenvalue weighted by molar-refractivity contribution is -0.151. The Bertz CT molecular complexity index is 283. The molecule has 0 aromatic rings. The fourth-order valence-electron chi connectivity index (χ4n) is 1.71. The molecule has 0 saturated carbocycles. The van der Waals surface area contributed by atoms with E-state index in [4.69, 9.17) is 13.9 Å². The summed E-state index contributed by atoms with van der Waals surface area (Å²) in [5.41, 5.74) is 0. The predicted molar refractivity (Wildman–Crippen MR) is 74.1 cm³/mol. The van der Waals surface area contributed by atoms with Gasteiger partial charge in [0, 0.05) is 0 Å². The minimum absolute atomic E-state index is 0.0328. The molecule has 1 heterocycles. The molecule has 1 fully saturated rings. The fourth-order valence-corrected chi connectivity index (χ4v) is 2.73. The maximum atomic E-state index is 9.31. The summed E-state index contributed by atoms with van der Waals surface area (Å²) >= 11 is 0. The van der Waals surface area contributed by atoms with Crippen molar-refractivity contribution >= 4 is 8.32 Å². The van der Waals surface area contributed by atoms with E-state index in [-0.39, 0.29) is 23.9 Å². The van der Waals surface area contributed by atoms with Crippen molar-refractivity contribution in [1.29, 1.82) is 0 Å². The van der Waals surface area contributed by atoms with E-state index < -0.39 is 14.1 Å². The van der Waals surface area contributed by atoms with Crippen molar-refractivity contribution in [1.82, 2.24) is 0 Å². The van der Waals surface area contributed by atoms with Gasteiger partial charge in [-0.05, 0) is 32.0 Å². The number of aliphatic hydroxyl groups is 1. The zero-order valence-electron chi connectivity index (χ0n) is 12.7. The van der Waals surface area contributed by atoms with Gasteiger partial charge in [-0.25, -0.2) is 0 Å². The van der Waals surface area contributed by atoms with Gasteiger partial charge in [0.2, 0.25) is 0 Å². The van der Waals surface area contributed by atoms with Gasteiger partial charge in [-0.15, -0.1) is 0 Å². The Morgan fingerprint density at radius 1 is 1.17 bits per heavy atom. The SMILES string of the molecule is CC1(C)O[C@@H](CO)[C@H](CO[Si](C)(C)C(C)(C)C)O1. The number of aliphatic hydroxyl groups excluding tert-OH is 1. The number of rotatable bonds is 4. The molecule has 0 aliphatic carbocycles. The van der Waals surface area contributed by atoms with Crippen LogP contribution in [0, 0.1) is 0 Å². The highest BCUT2D eigenvalue weighted by molar-refractivity contribution is 6.74. The zero-order valence-corrected chi connectivity index (χ0v) is 13.7. The lowest BCUT2D eigenvalue weighted by Gasteiger charge is -2.37. The molecular formula is C13H28O4Si. The van der Waals surface area contributed by atoms with E-state index >= 15 is 0 Å². The van der Waals surface area contributed by atoms with E-state index in [1.807, 2.05) is 13.8 Å². The Labute approximate surface area is 112 Å². The van der Waals surface area contributed by atoms with Crippen LogP contribution in [0.15, 0.2) is 0 Å². The molecule has 0 unspecified atom stereocenters. The van der Waals surface area contributed by atoms with E-state index in [2.05, 4.69) is 33.9 Å². The van der Waals surface area contributed by atoms with Crippen molar-refractivity contribution < 1.29 is 19.0 Å². The molecule has 1 aliphatic heterocycles. The van der Waals surface area contributed by atoms with Gasteiger partial charge in [0.1, 0.15) is 12.2 Å². The molecule has 0 spiro atoms. The first kappa shape index (κ1) is 16.1. The Kier molecular flexibility index (Phi) is 4.66. The smallest absolute Gasteiger partial charge is 0.192 e. The molecule has 2 atom stereocenters. The molecule has 5 heteroatoms. The Morgan fingerprint density at radius 2 is 1.67 bits per heavy atom. The lowest BCUT2D eigenvalue weighted by Crippen LogP contribution is -2.44. The largest absolute Gasteiger partial charge is 0.414 e. The topological polar surface area (TPSA) is 47.9 Å². The first-order chi connectivity index (χ1) is 7.98. The van der Waals surface area contributed by atoms with E-state index in [9.17, 15) is 5.11 Å². The van der Waals surface area contributed by atoms with Crippen molar-refractivity contribution in [2.75, 3.05) is 13.2 Å². The van der Waals surface area contributed by atoms with E-state index in [0.29, 0.717) is 6.61 Å². The Hall–Kier alpha value is 0.0569. The van der Waals surface area contributed by atoms with Crippen LogP contribution in [0.5, 0.6) is 0 Å². The average molecular weight is 276 g/mol. The van der Waals surface area contributed by atoms with Crippen molar-refractivity contribution in [2.24, 2.45) is 0 Å². The summed E-state index contributed by atoms with van der Waals surface area (Å²) in [7, 11) is -1.78. The van der Waals surface area contributed by atoms with E-state index in [1.165, 1.54) is 0 Å². The molecule has 1 aliphatic rings. The third-order valence-electron chi connectivity index (χ3n) is 3.88. The van der Waals surface area contributed by atoms with Crippen LogP contribution in [0.2, 0.25) is 18.1 Å². The maximum absolute atomic E-state index is 9.31. The molecule has 0 bridgehead atoms. The quantitative estimate of drug-likeness (QED) is 0.802. The second kappa shape index (κ2) is 5.21. The van der Waals surface area contributed by atoms with Crippen LogP contribution in [-0.2, 0) is 13.9 Å². The highest BCUT2D eigenvalue weighted by Gasteiger charge is 2.43. The van der Waals surface area contributed by atoms with Gasteiger partial charge in [0.05, 0.1) is 13.2 Å². The second-order valence-corrected chi connectivity index (χ2v) is 11.8.